The molecule has 1 unspecified atom stereocenters. The number of aliphatic hydroxyl groups excluding tert-OH is 1. The van der Waals surface area contributed by atoms with Crippen molar-refractivity contribution < 1.29 is 19.4 Å². The molecular formula is C19H29NO4. The fourth-order valence-corrected chi connectivity index (χ4v) is 3.17. The summed E-state index contributed by atoms with van der Waals surface area (Å²) in [5.41, 5.74) is 2.37. The number of anilines is 1. The summed E-state index contributed by atoms with van der Waals surface area (Å²) in [6.07, 6.45) is -0.333. The van der Waals surface area contributed by atoms with Gasteiger partial charge in [0.2, 0.25) is 0 Å². The van der Waals surface area contributed by atoms with Crippen molar-refractivity contribution in [2.75, 3.05) is 32.2 Å². The lowest BCUT2D eigenvalue weighted by atomic mass is 9.84. The van der Waals surface area contributed by atoms with Gasteiger partial charge < -0.3 is 19.5 Å². The second-order valence-corrected chi connectivity index (χ2v) is 7.35. The number of β-amino-alcohol motifs (C(OH)–C–C–N with tert-alkyl or cyclic N) is 1. The number of ketones is 1. The van der Waals surface area contributed by atoms with E-state index in [1.165, 1.54) is 0 Å². The highest BCUT2D eigenvalue weighted by molar-refractivity contribution is 5.97. The van der Waals surface area contributed by atoms with E-state index in [0.29, 0.717) is 25.1 Å². The Bertz CT molecular complexity index is 606. The molecule has 2 rings (SSSR count). The minimum absolute atomic E-state index is 0.104. The molecule has 1 heterocycles. The number of Topliss-reactive ketones (excluding diaryl/α,β-unsaturated/α-hetero) is 1. The molecule has 134 valence electrons. The number of hydrogen-bond acceptors (Lipinski definition) is 5. The molecule has 0 amide bonds. The van der Waals surface area contributed by atoms with E-state index in [9.17, 15) is 9.90 Å². The Morgan fingerprint density at radius 3 is 2.42 bits per heavy atom. The van der Waals surface area contributed by atoms with Crippen LogP contribution in [0.5, 0.6) is 5.75 Å². The Labute approximate surface area is 144 Å². The average molecular weight is 335 g/mol. The van der Waals surface area contributed by atoms with Crippen molar-refractivity contribution in [3.8, 4) is 5.75 Å². The van der Waals surface area contributed by atoms with E-state index in [-0.39, 0.29) is 17.3 Å². The van der Waals surface area contributed by atoms with Crippen LogP contribution in [0.3, 0.4) is 0 Å². The molecular weight excluding hydrogens is 306 g/mol. The van der Waals surface area contributed by atoms with Crippen LogP contribution in [-0.2, 0) is 10.2 Å². The zero-order valence-electron chi connectivity index (χ0n) is 15.5. The number of carbonyl (C=O) groups excluding carboxylic acids is 1. The summed E-state index contributed by atoms with van der Waals surface area (Å²) in [6.45, 7) is 9.20. The van der Waals surface area contributed by atoms with Gasteiger partial charge in [0, 0.05) is 37.7 Å². The molecule has 0 aliphatic carbocycles. The monoisotopic (exact) mass is 335 g/mol. The standard InChI is InChI=1S/C19H29NO4/c1-7-15(21)12-8-13(19(2,3)4)18(24-6)14(9-12)20-10-16(22)17(11-20)23-5/h8-9,16-17,22H,7,10-11H2,1-6H3/t16?,17-/m0/s1. The smallest absolute Gasteiger partial charge is 0.162 e. The van der Waals surface area contributed by atoms with Gasteiger partial charge in [0.05, 0.1) is 18.9 Å². The van der Waals surface area contributed by atoms with Gasteiger partial charge in [0.15, 0.2) is 5.78 Å². The molecule has 24 heavy (non-hydrogen) atoms. The van der Waals surface area contributed by atoms with Crippen LogP contribution in [0.2, 0.25) is 0 Å². The summed E-state index contributed by atoms with van der Waals surface area (Å²) in [5.74, 6) is 0.867. The number of rotatable bonds is 5. The molecule has 0 aromatic heterocycles. The molecule has 1 aromatic carbocycles. The van der Waals surface area contributed by atoms with Crippen molar-refractivity contribution >= 4 is 11.5 Å². The number of aliphatic hydroxyl groups is 1. The number of carbonyl (C=O) groups is 1. The molecule has 0 bridgehead atoms. The van der Waals surface area contributed by atoms with Crippen molar-refractivity contribution in [1.29, 1.82) is 0 Å². The number of methoxy groups -OCH3 is 2. The maximum atomic E-state index is 12.3. The fourth-order valence-electron chi connectivity index (χ4n) is 3.17. The minimum atomic E-state index is -0.552. The highest BCUT2D eigenvalue weighted by Crippen LogP contribution is 2.41. The Morgan fingerprint density at radius 2 is 1.96 bits per heavy atom. The lowest BCUT2D eigenvalue weighted by molar-refractivity contribution is 0.0217. The SMILES string of the molecule is CCC(=O)c1cc(N2CC(O)[C@@H](OC)C2)c(OC)c(C(C)(C)C)c1. The lowest BCUT2D eigenvalue weighted by Gasteiger charge is -2.28. The van der Waals surface area contributed by atoms with E-state index in [1.54, 1.807) is 14.2 Å². The Morgan fingerprint density at radius 1 is 1.29 bits per heavy atom. The van der Waals surface area contributed by atoms with Crippen molar-refractivity contribution in [3.05, 3.63) is 23.3 Å². The molecule has 1 aromatic rings. The van der Waals surface area contributed by atoms with E-state index in [1.807, 2.05) is 24.0 Å². The third-order valence-corrected chi connectivity index (χ3v) is 4.60. The first kappa shape index (κ1) is 18.7. The van der Waals surface area contributed by atoms with Gasteiger partial charge in [0.1, 0.15) is 11.9 Å². The molecule has 1 fully saturated rings. The van der Waals surface area contributed by atoms with E-state index in [4.69, 9.17) is 9.47 Å². The van der Waals surface area contributed by atoms with Gasteiger partial charge in [-0.15, -0.1) is 0 Å². The van der Waals surface area contributed by atoms with Gasteiger partial charge in [-0.1, -0.05) is 27.7 Å². The minimum Gasteiger partial charge on any atom is -0.494 e. The van der Waals surface area contributed by atoms with Crippen LogP contribution in [0, 0.1) is 0 Å². The molecule has 0 saturated carbocycles. The first-order valence-corrected chi connectivity index (χ1v) is 8.44. The van der Waals surface area contributed by atoms with Crippen LogP contribution in [-0.4, -0.2) is 50.4 Å². The van der Waals surface area contributed by atoms with Gasteiger partial charge in [-0.25, -0.2) is 0 Å². The summed E-state index contributed by atoms with van der Waals surface area (Å²) < 4.78 is 11.1. The molecule has 5 nitrogen and oxygen atoms in total. The molecule has 1 aliphatic rings. The van der Waals surface area contributed by atoms with Crippen LogP contribution in [0.15, 0.2) is 12.1 Å². The predicted octanol–water partition coefficient (Wildman–Crippen LogP) is 2.78. The summed E-state index contributed by atoms with van der Waals surface area (Å²) in [7, 11) is 3.25. The third kappa shape index (κ3) is 3.57. The average Bonchev–Trinajstić information content (AvgIpc) is 2.92. The molecule has 2 atom stereocenters. The lowest BCUT2D eigenvalue weighted by Crippen LogP contribution is -2.25. The number of ether oxygens (including phenoxy) is 2. The van der Waals surface area contributed by atoms with Crippen LogP contribution in [0.25, 0.3) is 0 Å². The van der Waals surface area contributed by atoms with Crippen molar-refractivity contribution in [2.45, 2.75) is 51.7 Å². The quantitative estimate of drug-likeness (QED) is 0.839. The first-order valence-electron chi connectivity index (χ1n) is 8.44. The van der Waals surface area contributed by atoms with Crippen molar-refractivity contribution in [3.63, 3.8) is 0 Å². The van der Waals surface area contributed by atoms with Gasteiger partial charge >= 0.3 is 0 Å². The number of benzene rings is 1. The molecule has 0 radical (unpaired) electrons. The summed E-state index contributed by atoms with van der Waals surface area (Å²) in [5, 5.41) is 10.2. The van der Waals surface area contributed by atoms with Gasteiger partial charge in [0.25, 0.3) is 0 Å². The maximum absolute atomic E-state index is 12.3. The van der Waals surface area contributed by atoms with Gasteiger partial charge in [-0.3, -0.25) is 4.79 Å². The van der Waals surface area contributed by atoms with Gasteiger partial charge in [-0.2, -0.15) is 0 Å². The van der Waals surface area contributed by atoms with E-state index < -0.39 is 6.10 Å². The Kier molecular flexibility index (Phi) is 5.56. The number of nitrogens with zero attached hydrogens (tertiary/aromatic N) is 1. The first-order chi connectivity index (χ1) is 11.2. The predicted molar refractivity (Wildman–Crippen MR) is 95.3 cm³/mol. The Hall–Kier alpha value is -1.59. The second kappa shape index (κ2) is 7.11. The zero-order valence-corrected chi connectivity index (χ0v) is 15.5. The Balaban J connectivity index is 2.58. The van der Waals surface area contributed by atoms with Crippen molar-refractivity contribution in [2.24, 2.45) is 0 Å². The van der Waals surface area contributed by atoms with E-state index in [0.717, 1.165) is 17.0 Å². The molecule has 0 spiro atoms. The normalized spacial score (nSPS) is 21.2. The van der Waals surface area contributed by atoms with E-state index in [2.05, 4.69) is 20.8 Å². The highest BCUT2D eigenvalue weighted by Gasteiger charge is 2.34. The molecule has 5 heteroatoms. The van der Waals surface area contributed by atoms with Crippen molar-refractivity contribution in [1.82, 2.24) is 0 Å². The summed E-state index contributed by atoms with van der Waals surface area (Å²) >= 11 is 0. The van der Waals surface area contributed by atoms with Crippen LogP contribution < -0.4 is 9.64 Å². The second-order valence-electron chi connectivity index (χ2n) is 7.35. The topological polar surface area (TPSA) is 59.0 Å². The zero-order chi connectivity index (χ0) is 18.1. The summed E-state index contributed by atoms with van der Waals surface area (Å²) in [6, 6.07) is 3.82. The molecule has 1 saturated heterocycles. The third-order valence-electron chi connectivity index (χ3n) is 4.60. The summed E-state index contributed by atoms with van der Waals surface area (Å²) in [4.78, 5) is 14.4. The van der Waals surface area contributed by atoms with E-state index >= 15 is 0 Å². The van der Waals surface area contributed by atoms with Crippen LogP contribution >= 0.6 is 0 Å². The number of hydrogen-bond donors (Lipinski definition) is 1. The highest BCUT2D eigenvalue weighted by atomic mass is 16.5. The fraction of sp³-hybridized carbons (Fsp3) is 0.632. The van der Waals surface area contributed by atoms with Crippen LogP contribution in [0.1, 0.15) is 50.0 Å². The maximum Gasteiger partial charge on any atom is 0.162 e. The largest absolute Gasteiger partial charge is 0.494 e. The van der Waals surface area contributed by atoms with Crippen LogP contribution in [0.4, 0.5) is 5.69 Å². The molecule has 1 N–H and O–H groups in total. The molecule has 1 aliphatic heterocycles. The van der Waals surface area contributed by atoms with Gasteiger partial charge in [-0.05, 0) is 17.5 Å².